The number of urea groups is 1. The number of carbonyl (C=O) groups excluding carboxylic acids is 3. The number of imide groups is 2. The highest BCUT2D eigenvalue weighted by molar-refractivity contribution is 6.23. The lowest BCUT2D eigenvalue weighted by Crippen LogP contribution is -2.57. The number of rotatable bonds is 5. The molecule has 4 amide bonds. The highest BCUT2D eigenvalue weighted by atomic mass is 16.2. The van der Waals surface area contributed by atoms with Gasteiger partial charge in [-0.25, -0.2) is 4.79 Å². The van der Waals surface area contributed by atoms with Gasteiger partial charge in [0.25, 0.3) is 0 Å². The lowest BCUT2D eigenvalue weighted by Gasteiger charge is -2.31. The molecule has 1 aliphatic heterocycles. The Kier molecular flexibility index (Phi) is 4.88. The third-order valence-corrected chi connectivity index (χ3v) is 4.81. The first kappa shape index (κ1) is 17.8. The molecule has 0 aliphatic carbocycles. The van der Waals surface area contributed by atoms with Gasteiger partial charge < -0.3 is 4.98 Å². The van der Waals surface area contributed by atoms with Crippen LogP contribution < -0.4 is 0 Å². The highest BCUT2D eigenvalue weighted by Gasteiger charge is 2.41. The van der Waals surface area contributed by atoms with Gasteiger partial charge in [-0.1, -0.05) is 25.1 Å². The van der Waals surface area contributed by atoms with Gasteiger partial charge in [-0.05, 0) is 24.5 Å². The van der Waals surface area contributed by atoms with E-state index >= 15 is 0 Å². The Balaban J connectivity index is 1.78. The molecule has 136 valence electrons. The molecule has 7 nitrogen and oxygen atoms in total. The zero-order chi connectivity index (χ0) is 18.8. The van der Waals surface area contributed by atoms with Crippen molar-refractivity contribution < 1.29 is 14.4 Å². The van der Waals surface area contributed by atoms with Gasteiger partial charge in [0.15, 0.2) is 5.92 Å². The third-order valence-electron chi connectivity index (χ3n) is 4.81. The van der Waals surface area contributed by atoms with E-state index in [-0.39, 0.29) is 6.04 Å². The predicted molar refractivity (Wildman–Crippen MR) is 99.0 cm³/mol. The van der Waals surface area contributed by atoms with Gasteiger partial charge >= 0.3 is 6.03 Å². The third kappa shape index (κ3) is 3.12. The van der Waals surface area contributed by atoms with Crippen LogP contribution in [0.5, 0.6) is 0 Å². The first-order valence-electron chi connectivity index (χ1n) is 8.61. The molecule has 0 unspecified atom stereocenters. The molecule has 1 atom stereocenters. The highest BCUT2D eigenvalue weighted by Crippen LogP contribution is 2.21. The van der Waals surface area contributed by atoms with E-state index in [1.54, 1.807) is 0 Å². The van der Waals surface area contributed by atoms with Gasteiger partial charge in [0.05, 0.1) is 6.04 Å². The van der Waals surface area contributed by atoms with E-state index in [2.05, 4.69) is 16.0 Å². The summed E-state index contributed by atoms with van der Waals surface area (Å²) >= 11 is 0. The topological polar surface area (TPSA) is 85.8 Å². The molecule has 0 saturated carbocycles. The minimum atomic E-state index is -1.04. The number of nitrogens with zero attached hydrogens (tertiary/aromatic N) is 3. The lowest BCUT2D eigenvalue weighted by atomic mass is 10.0. The fourth-order valence-electron chi connectivity index (χ4n) is 3.13. The van der Waals surface area contributed by atoms with E-state index < -0.39 is 23.8 Å². The Labute approximate surface area is 151 Å². The first-order valence-corrected chi connectivity index (χ1v) is 8.61. The van der Waals surface area contributed by atoms with Gasteiger partial charge in [0, 0.05) is 37.4 Å². The fraction of sp³-hybridized carbons (Fsp3) is 0.368. The number of benzene rings is 1. The number of fused-ring (bicyclic) bond motifs is 1. The second kappa shape index (κ2) is 7.11. The van der Waals surface area contributed by atoms with Gasteiger partial charge in [0.1, 0.15) is 0 Å². The van der Waals surface area contributed by atoms with E-state index in [0.717, 1.165) is 32.7 Å². The number of carbonyl (C=O) groups is 3. The summed E-state index contributed by atoms with van der Waals surface area (Å²) in [5.41, 5.74) is 2.22. The van der Waals surface area contributed by atoms with Gasteiger partial charge in [-0.3, -0.25) is 24.4 Å². The summed E-state index contributed by atoms with van der Waals surface area (Å²) in [5.74, 6) is -2.12. The predicted octanol–water partition coefficient (Wildman–Crippen LogP) is 2.23. The zero-order valence-electron chi connectivity index (χ0n) is 15.1. The number of aliphatic imine (C=N–C) groups is 1. The maximum atomic E-state index is 12.2. The Morgan fingerprint density at radius 2 is 1.81 bits per heavy atom. The van der Waals surface area contributed by atoms with Crippen molar-refractivity contribution in [3.05, 3.63) is 36.0 Å². The molecule has 1 aliphatic rings. The summed E-state index contributed by atoms with van der Waals surface area (Å²) in [6.07, 6.45) is 4.85. The van der Waals surface area contributed by atoms with Crippen LogP contribution in [0.3, 0.4) is 0 Å². The second-order valence-corrected chi connectivity index (χ2v) is 6.48. The molecule has 2 heterocycles. The van der Waals surface area contributed by atoms with Crippen molar-refractivity contribution in [2.75, 3.05) is 14.1 Å². The number of H-pyrrole nitrogens is 1. The number of amides is 4. The van der Waals surface area contributed by atoms with E-state index in [9.17, 15) is 14.4 Å². The summed E-state index contributed by atoms with van der Waals surface area (Å²) in [7, 11) is 2.75. The van der Waals surface area contributed by atoms with Crippen molar-refractivity contribution in [1.82, 2.24) is 14.8 Å². The van der Waals surface area contributed by atoms with Crippen LogP contribution in [0, 0.1) is 5.92 Å². The van der Waals surface area contributed by atoms with E-state index in [4.69, 9.17) is 0 Å². The standard InChI is InChI=1S/C19H22N4O3/c1-4-13(9-12-10-21-16-8-6-5-7-14(12)16)20-11-15-17(24)22(2)19(26)23(3)18(15)25/h5-8,10-11,13,15,21H,4,9H2,1-3H3/t13-/m0/s1. The van der Waals surface area contributed by atoms with Crippen LogP contribution in [0.2, 0.25) is 0 Å². The maximum Gasteiger partial charge on any atom is 0.332 e. The van der Waals surface area contributed by atoms with Crippen LogP contribution in [-0.4, -0.2) is 59.0 Å². The number of hydrogen-bond acceptors (Lipinski definition) is 4. The summed E-state index contributed by atoms with van der Waals surface area (Å²) in [4.78, 5) is 45.9. The molecule has 1 aromatic heterocycles. The molecule has 1 fully saturated rings. The molecule has 0 spiro atoms. The van der Waals surface area contributed by atoms with Gasteiger partial charge in [-0.2, -0.15) is 0 Å². The molecule has 0 bridgehead atoms. The van der Waals surface area contributed by atoms with E-state index in [1.165, 1.54) is 20.3 Å². The Bertz CT molecular complexity index is 862. The average molecular weight is 354 g/mol. The van der Waals surface area contributed by atoms with E-state index in [0.29, 0.717) is 6.42 Å². The Morgan fingerprint density at radius 1 is 1.15 bits per heavy atom. The van der Waals surface area contributed by atoms with Crippen LogP contribution in [-0.2, 0) is 16.0 Å². The maximum absolute atomic E-state index is 12.2. The fourth-order valence-corrected chi connectivity index (χ4v) is 3.13. The Morgan fingerprint density at radius 3 is 2.46 bits per heavy atom. The van der Waals surface area contributed by atoms with Crippen molar-refractivity contribution in [2.24, 2.45) is 10.9 Å². The number of aromatic amines is 1. The number of para-hydroxylation sites is 1. The molecular weight excluding hydrogens is 332 g/mol. The minimum Gasteiger partial charge on any atom is -0.361 e. The molecule has 2 aromatic rings. The normalized spacial score (nSPS) is 17.7. The molecule has 1 saturated heterocycles. The molecular formula is C19H22N4O3. The second-order valence-electron chi connectivity index (χ2n) is 6.48. The monoisotopic (exact) mass is 354 g/mol. The summed E-state index contributed by atoms with van der Waals surface area (Å²) in [6.45, 7) is 2.02. The van der Waals surface area contributed by atoms with Crippen molar-refractivity contribution in [1.29, 1.82) is 0 Å². The van der Waals surface area contributed by atoms with Crippen molar-refractivity contribution in [3.63, 3.8) is 0 Å². The number of barbiturate groups is 1. The first-order chi connectivity index (χ1) is 12.4. The minimum absolute atomic E-state index is 0.0527. The van der Waals surface area contributed by atoms with Crippen LogP contribution in [0.15, 0.2) is 35.5 Å². The molecule has 7 heteroatoms. The SMILES string of the molecule is CC[C@@H](Cc1c[nH]c2ccccc12)N=CC1C(=O)N(C)C(=O)N(C)C1=O. The molecule has 1 N–H and O–H groups in total. The van der Waals surface area contributed by atoms with Crippen LogP contribution >= 0.6 is 0 Å². The molecule has 0 radical (unpaired) electrons. The number of hydrogen-bond donors (Lipinski definition) is 1. The summed E-state index contributed by atoms with van der Waals surface area (Å²) in [6, 6.07) is 7.38. The molecule has 1 aromatic carbocycles. The quantitative estimate of drug-likeness (QED) is 0.660. The average Bonchev–Trinajstić information content (AvgIpc) is 3.06. The lowest BCUT2D eigenvalue weighted by molar-refractivity contribution is -0.144. The molecule has 3 rings (SSSR count). The van der Waals surface area contributed by atoms with E-state index in [1.807, 2.05) is 31.3 Å². The number of aromatic nitrogens is 1. The van der Waals surface area contributed by atoms with Crippen LogP contribution in [0.4, 0.5) is 4.79 Å². The van der Waals surface area contributed by atoms with Crippen molar-refractivity contribution in [3.8, 4) is 0 Å². The summed E-state index contributed by atoms with van der Waals surface area (Å²) < 4.78 is 0. The smallest absolute Gasteiger partial charge is 0.332 e. The van der Waals surface area contributed by atoms with Crippen LogP contribution in [0.1, 0.15) is 18.9 Å². The largest absolute Gasteiger partial charge is 0.361 e. The summed E-state index contributed by atoms with van der Waals surface area (Å²) in [5, 5.41) is 1.15. The van der Waals surface area contributed by atoms with Crippen molar-refractivity contribution >= 4 is 35.0 Å². The van der Waals surface area contributed by atoms with Crippen molar-refractivity contribution in [2.45, 2.75) is 25.8 Å². The van der Waals surface area contributed by atoms with Gasteiger partial charge in [0.2, 0.25) is 11.8 Å². The zero-order valence-corrected chi connectivity index (χ0v) is 15.1. The Hall–Kier alpha value is -2.96. The molecule has 26 heavy (non-hydrogen) atoms. The van der Waals surface area contributed by atoms with Crippen LogP contribution in [0.25, 0.3) is 10.9 Å². The van der Waals surface area contributed by atoms with Gasteiger partial charge in [-0.15, -0.1) is 0 Å². The number of nitrogens with one attached hydrogen (secondary N) is 1.